The summed E-state index contributed by atoms with van der Waals surface area (Å²) in [5.41, 5.74) is 1.42. The van der Waals surface area contributed by atoms with Crippen molar-refractivity contribution in [1.82, 2.24) is 10.3 Å². The van der Waals surface area contributed by atoms with Gasteiger partial charge < -0.3 is 5.32 Å². The van der Waals surface area contributed by atoms with Crippen molar-refractivity contribution in [3.63, 3.8) is 0 Å². The molecule has 1 aromatic heterocycles. The molecule has 0 bridgehead atoms. The molecule has 1 heterocycles. The summed E-state index contributed by atoms with van der Waals surface area (Å²) in [7, 11) is 0. The Hall–Kier alpha value is -0.410. The van der Waals surface area contributed by atoms with Crippen LogP contribution >= 0.6 is 11.3 Å². The second-order valence-electron chi connectivity index (χ2n) is 7.21. The summed E-state index contributed by atoms with van der Waals surface area (Å²) < 4.78 is 0. The molecule has 1 N–H and O–H groups in total. The van der Waals surface area contributed by atoms with Gasteiger partial charge in [-0.2, -0.15) is 0 Å². The van der Waals surface area contributed by atoms with Crippen LogP contribution in [0.2, 0.25) is 0 Å². The molecule has 20 heavy (non-hydrogen) atoms. The number of nitrogens with zero attached hydrogens (tertiary/aromatic N) is 1. The van der Waals surface area contributed by atoms with Gasteiger partial charge in [-0.1, -0.05) is 32.1 Å². The van der Waals surface area contributed by atoms with E-state index in [9.17, 15) is 0 Å². The summed E-state index contributed by atoms with van der Waals surface area (Å²) in [5, 5.41) is 4.99. The fourth-order valence-electron chi connectivity index (χ4n) is 2.84. The van der Waals surface area contributed by atoms with Crippen molar-refractivity contribution in [2.45, 2.75) is 90.6 Å². The van der Waals surface area contributed by atoms with Crippen molar-refractivity contribution in [3.8, 4) is 0 Å². The Morgan fingerprint density at radius 1 is 1.10 bits per heavy atom. The van der Waals surface area contributed by atoms with Crippen LogP contribution in [0.15, 0.2) is 0 Å². The van der Waals surface area contributed by atoms with Crippen molar-refractivity contribution < 1.29 is 0 Å². The first-order chi connectivity index (χ1) is 9.46. The molecule has 1 aromatic rings. The van der Waals surface area contributed by atoms with Gasteiger partial charge in [0.05, 0.1) is 10.7 Å². The number of thiazole rings is 1. The Balaban J connectivity index is 2.01. The minimum Gasteiger partial charge on any atom is -0.307 e. The molecular weight excluding hydrogens is 264 g/mol. The van der Waals surface area contributed by atoms with E-state index in [0.29, 0.717) is 0 Å². The van der Waals surface area contributed by atoms with Crippen molar-refractivity contribution in [2.24, 2.45) is 0 Å². The Kier molecular flexibility index (Phi) is 5.62. The van der Waals surface area contributed by atoms with Gasteiger partial charge >= 0.3 is 0 Å². The predicted octanol–water partition coefficient (Wildman–Crippen LogP) is 5.17. The number of hydrogen-bond donors (Lipinski definition) is 1. The molecule has 1 saturated carbocycles. The maximum Gasteiger partial charge on any atom is 0.0962 e. The van der Waals surface area contributed by atoms with Crippen molar-refractivity contribution >= 4 is 11.3 Å². The number of rotatable bonds is 3. The van der Waals surface area contributed by atoms with Crippen LogP contribution in [0.4, 0.5) is 0 Å². The molecule has 1 aliphatic carbocycles. The molecule has 1 aliphatic rings. The summed E-state index contributed by atoms with van der Waals surface area (Å²) in [6, 6.07) is 0. The Bertz CT molecular complexity index is 409. The van der Waals surface area contributed by atoms with E-state index in [4.69, 9.17) is 4.98 Å². The third kappa shape index (κ3) is 4.85. The first-order valence-corrected chi connectivity index (χ1v) is 8.98. The van der Waals surface area contributed by atoms with Gasteiger partial charge in [0.25, 0.3) is 0 Å². The molecule has 0 spiro atoms. The van der Waals surface area contributed by atoms with E-state index in [1.165, 1.54) is 60.5 Å². The number of aryl methyl sites for hydroxylation is 1. The summed E-state index contributed by atoms with van der Waals surface area (Å²) >= 11 is 1.95. The topological polar surface area (TPSA) is 24.9 Å². The highest BCUT2D eigenvalue weighted by molar-refractivity contribution is 7.11. The Morgan fingerprint density at radius 2 is 1.70 bits per heavy atom. The largest absolute Gasteiger partial charge is 0.307 e. The van der Waals surface area contributed by atoms with Crippen LogP contribution < -0.4 is 5.32 Å². The van der Waals surface area contributed by atoms with Crippen LogP contribution in [0.5, 0.6) is 0 Å². The average molecular weight is 295 g/mol. The molecule has 1 fully saturated rings. The van der Waals surface area contributed by atoms with Gasteiger partial charge in [0, 0.05) is 22.9 Å². The average Bonchev–Trinajstić information content (AvgIpc) is 2.66. The Morgan fingerprint density at radius 3 is 2.30 bits per heavy atom. The summed E-state index contributed by atoms with van der Waals surface area (Å²) in [5.74, 6) is 0.724. The molecule has 0 aliphatic heterocycles. The zero-order valence-corrected chi connectivity index (χ0v) is 14.4. The monoisotopic (exact) mass is 294 g/mol. The maximum absolute atomic E-state index is 4.89. The number of aromatic nitrogens is 1. The zero-order valence-electron chi connectivity index (χ0n) is 13.6. The Labute approximate surface area is 128 Å². The second-order valence-corrected chi connectivity index (χ2v) is 8.32. The first kappa shape index (κ1) is 16.0. The lowest BCUT2D eigenvalue weighted by Crippen LogP contribution is -2.34. The van der Waals surface area contributed by atoms with Gasteiger partial charge in [0.15, 0.2) is 0 Å². The molecule has 2 nitrogen and oxygen atoms in total. The normalized spacial score (nSPS) is 18.8. The van der Waals surface area contributed by atoms with Gasteiger partial charge in [-0.3, -0.25) is 0 Å². The molecule has 0 atom stereocenters. The van der Waals surface area contributed by atoms with Gasteiger partial charge in [0.2, 0.25) is 0 Å². The van der Waals surface area contributed by atoms with Gasteiger partial charge in [-0.15, -0.1) is 11.3 Å². The van der Waals surface area contributed by atoms with Crippen LogP contribution in [-0.4, -0.2) is 10.5 Å². The van der Waals surface area contributed by atoms with E-state index in [1.807, 2.05) is 11.3 Å². The third-order valence-electron chi connectivity index (χ3n) is 4.14. The lowest BCUT2D eigenvalue weighted by atomic mass is 9.92. The second kappa shape index (κ2) is 7.04. The molecule has 0 radical (unpaired) electrons. The molecular formula is C17H30N2S. The summed E-state index contributed by atoms with van der Waals surface area (Å²) in [6.07, 6.45) is 9.74. The lowest BCUT2D eigenvalue weighted by molar-refractivity contribution is 0.425. The van der Waals surface area contributed by atoms with Crippen LogP contribution in [0, 0.1) is 6.92 Å². The van der Waals surface area contributed by atoms with Gasteiger partial charge in [-0.05, 0) is 40.5 Å². The summed E-state index contributed by atoms with van der Waals surface area (Å²) in [6.45, 7) is 9.79. The molecule has 114 valence electrons. The van der Waals surface area contributed by atoms with Crippen molar-refractivity contribution in [2.75, 3.05) is 0 Å². The zero-order chi connectivity index (χ0) is 14.6. The fraction of sp³-hybridized carbons (Fsp3) is 0.824. The van der Waals surface area contributed by atoms with E-state index >= 15 is 0 Å². The molecule has 3 heteroatoms. The van der Waals surface area contributed by atoms with Gasteiger partial charge in [-0.25, -0.2) is 4.98 Å². The van der Waals surface area contributed by atoms with Crippen LogP contribution in [-0.2, 0) is 6.54 Å². The first-order valence-electron chi connectivity index (χ1n) is 8.17. The van der Waals surface area contributed by atoms with E-state index in [-0.39, 0.29) is 5.54 Å². The van der Waals surface area contributed by atoms with Crippen LogP contribution in [0.1, 0.15) is 87.2 Å². The maximum atomic E-state index is 4.89. The van der Waals surface area contributed by atoms with Gasteiger partial charge in [0.1, 0.15) is 0 Å². The predicted molar refractivity (Wildman–Crippen MR) is 88.5 cm³/mol. The standard InChI is InChI=1S/C17H30N2S/c1-13-15(12-18-17(2,3)4)20-16(19-13)14-10-8-6-5-7-9-11-14/h14,18H,5-12H2,1-4H3. The molecule has 0 aromatic carbocycles. The summed E-state index contributed by atoms with van der Waals surface area (Å²) in [4.78, 5) is 6.31. The van der Waals surface area contributed by atoms with E-state index in [1.54, 1.807) is 0 Å². The minimum atomic E-state index is 0.177. The van der Waals surface area contributed by atoms with Crippen molar-refractivity contribution in [3.05, 3.63) is 15.6 Å². The quantitative estimate of drug-likeness (QED) is 0.832. The molecule has 0 saturated heterocycles. The fourth-order valence-corrected chi connectivity index (χ4v) is 4.01. The van der Waals surface area contributed by atoms with E-state index < -0.39 is 0 Å². The lowest BCUT2D eigenvalue weighted by Gasteiger charge is -2.20. The van der Waals surface area contributed by atoms with Crippen molar-refractivity contribution in [1.29, 1.82) is 0 Å². The minimum absolute atomic E-state index is 0.177. The van der Waals surface area contributed by atoms with E-state index in [0.717, 1.165) is 12.5 Å². The highest BCUT2D eigenvalue weighted by Gasteiger charge is 2.19. The smallest absolute Gasteiger partial charge is 0.0962 e. The number of hydrogen-bond acceptors (Lipinski definition) is 3. The van der Waals surface area contributed by atoms with Crippen LogP contribution in [0.25, 0.3) is 0 Å². The van der Waals surface area contributed by atoms with E-state index in [2.05, 4.69) is 33.0 Å². The van der Waals surface area contributed by atoms with Crippen LogP contribution in [0.3, 0.4) is 0 Å². The SMILES string of the molecule is Cc1nc(C2CCCCCCC2)sc1CNC(C)(C)C. The number of nitrogens with one attached hydrogen (secondary N) is 1. The molecule has 0 unspecified atom stereocenters. The highest BCUT2D eigenvalue weighted by Crippen LogP contribution is 2.34. The molecule has 2 rings (SSSR count). The highest BCUT2D eigenvalue weighted by atomic mass is 32.1. The third-order valence-corrected chi connectivity index (χ3v) is 5.46. The molecule has 0 amide bonds.